The lowest BCUT2D eigenvalue weighted by Crippen LogP contribution is -2.07. The highest BCUT2D eigenvalue weighted by Gasteiger charge is 2.21. The van der Waals surface area contributed by atoms with E-state index in [-0.39, 0.29) is 11.7 Å². The number of rotatable bonds is 4. The van der Waals surface area contributed by atoms with E-state index in [0.29, 0.717) is 5.56 Å². The molecule has 4 rings (SSSR count). The van der Waals surface area contributed by atoms with E-state index in [4.69, 9.17) is 5.73 Å². The minimum Gasteiger partial charge on any atom is -0.324 e. The number of pyridine rings is 1. The summed E-state index contributed by atoms with van der Waals surface area (Å²) in [5.74, 6) is -0.0906. The van der Waals surface area contributed by atoms with Crippen molar-refractivity contribution in [2.75, 3.05) is 0 Å². The molecule has 3 N–H and O–H groups in total. The smallest absolute Gasteiger partial charge is 0.158 e. The highest BCUT2D eigenvalue weighted by atomic mass is 19.1. The van der Waals surface area contributed by atoms with Crippen molar-refractivity contribution in [2.24, 2.45) is 5.73 Å². The van der Waals surface area contributed by atoms with Gasteiger partial charge in [0.25, 0.3) is 0 Å². The molecule has 0 saturated heterocycles. The topological polar surface area (TPSA) is 84.9 Å². The van der Waals surface area contributed by atoms with E-state index in [1.165, 1.54) is 6.07 Å². The second kappa shape index (κ2) is 6.83. The van der Waals surface area contributed by atoms with Crippen molar-refractivity contribution in [1.29, 1.82) is 0 Å². The molecule has 7 heteroatoms. The molecular weight excluding hydrogens is 355 g/mol. The number of halogens is 1. The van der Waals surface area contributed by atoms with Gasteiger partial charge < -0.3 is 5.73 Å². The summed E-state index contributed by atoms with van der Waals surface area (Å²) in [6.07, 6.45) is 3.48. The number of hydrogen-bond donors (Lipinski definition) is 2. The third-order valence-corrected chi connectivity index (χ3v) is 4.99. The first kappa shape index (κ1) is 18.3. The Labute approximate surface area is 162 Å². The van der Waals surface area contributed by atoms with E-state index < -0.39 is 6.04 Å². The van der Waals surface area contributed by atoms with Crippen LogP contribution in [0.15, 0.2) is 36.8 Å². The fourth-order valence-electron chi connectivity index (χ4n) is 3.62. The van der Waals surface area contributed by atoms with Gasteiger partial charge >= 0.3 is 0 Å². The van der Waals surface area contributed by atoms with E-state index in [1.54, 1.807) is 29.9 Å². The number of nitrogens with zero attached hydrogens (tertiary/aromatic N) is 4. The number of nitrogens with two attached hydrogens (primary N) is 1. The van der Waals surface area contributed by atoms with E-state index in [0.717, 1.165) is 39.3 Å². The summed E-state index contributed by atoms with van der Waals surface area (Å²) < 4.78 is 15.9. The Hall–Kier alpha value is -3.06. The molecule has 1 atom stereocenters. The van der Waals surface area contributed by atoms with Crippen LogP contribution in [0.4, 0.5) is 4.39 Å². The first-order chi connectivity index (χ1) is 13.4. The summed E-state index contributed by atoms with van der Waals surface area (Å²) in [6.45, 7) is 8.02. The van der Waals surface area contributed by atoms with Gasteiger partial charge in [0.1, 0.15) is 12.1 Å². The lowest BCUT2D eigenvalue weighted by molar-refractivity contribution is 0.594. The van der Waals surface area contributed by atoms with Gasteiger partial charge in [-0.3, -0.25) is 5.10 Å². The average Bonchev–Trinajstić information content (AvgIpc) is 3.28. The molecule has 0 spiro atoms. The van der Waals surface area contributed by atoms with Gasteiger partial charge in [-0.05, 0) is 49.6 Å². The molecule has 0 saturated carbocycles. The second-order valence-electron chi connectivity index (χ2n) is 7.48. The molecule has 0 unspecified atom stereocenters. The summed E-state index contributed by atoms with van der Waals surface area (Å²) in [5, 5.41) is 12.0. The maximum absolute atomic E-state index is 14.1. The van der Waals surface area contributed by atoms with Gasteiger partial charge in [-0.25, -0.2) is 13.9 Å². The minimum atomic E-state index is -0.391. The second-order valence-corrected chi connectivity index (χ2v) is 7.48. The molecule has 0 aliphatic rings. The summed E-state index contributed by atoms with van der Waals surface area (Å²) in [6, 6.07) is 6.68. The van der Waals surface area contributed by atoms with Crippen LogP contribution in [-0.4, -0.2) is 24.8 Å². The van der Waals surface area contributed by atoms with E-state index in [9.17, 15) is 4.39 Å². The first-order valence-corrected chi connectivity index (χ1v) is 9.30. The molecule has 3 aromatic heterocycles. The van der Waals surface area contributed by atoms with Crippen molar-refractivity contribution in [1.82, 2.24) is 24.8 Å². The van der Waals surface area contributed by atoms with Gasteiger partial charge in [0.2, 0.25) is 0 Å². The third kappa shape index (κ3) is 2.97. The van der Waals surface area contributed by atoms with Gasteiger partial charge in [0.05, 0.1) is 11.4 Å². The maximum Gasteiger partial charge on any atom is 0.158 e. The van der Waals surface area contributed by atoms with Crippen LogP contribution in [0.3, 0.4) is 0 Å². The van der Waals surface area contributed by atoms with Crippen LogP contribution >= 0.6 is 0 Å². The largest absolute Gasteiger partial charge is 0.324 e. The van der Waals surface area contributed by atoms with Crippen molar-refractivity contribution >= 4 is 5.65 Å². The lowest BCUT2D eigenvalue weighted by atomic mass is 9.93. The molecule has 0 fully saturated rings. The van der Waals surface area contributed by atoms with Gasteiger partial charge in [0.15, 0.2) is 5.65 Å². The Morgan fingerprint density at radius 1 is 1.14 bits per heavy atom. The summed E-state index contributed by atoms with van der Waals surface area (Å²) in [7, 11) is 0. The zero-order chi connectivity index (χ0) is 20.0. The molecule has 0 radical (unpaired) electrons. The Kier molecular flexibility index (Phi) is 4.47. The fourth-order valence-corrected chi connectivity index (χ4v) is 3.62. The van der Waals surface area contributed by atoms with E-state index in [1.807, 2.05) is 13.1 Å². The van der Waals surface area contributed by atoms with Crippen LogP contribution in [0, 0.1) is 12.7 Å². The number of fused-ring (bicyclic) bond motifs is 1. The van der Waals surface area contributed by atoms with E-state index in [2.05, 4.69) is 40.2 Å². The highest BCUT2D eigenvalue weighted by Crippen LogP contribution is 2.36. The minimum absolute atomic E-state index is 0.208. The van der Waals surface area contributed by atoms with Crippen LogP contribution in [0.5, 0.6) is 0 Å². The average molecular weight is 378 g/mol. The van der Waals surface area contributed by atoms with Crippen molar-refractivity contribution in [3.05, 3.63) is 59.3 Å². The quantitative estimate of drug-likeness (QED) is 0.552. The monoisotopic (exact) mass is 378 g/mol. The predicted octanol–water partition coefficient (Wildman–Crippen LogP) is 4.38. The predicted molar refractivity (Wildman–Crippen MR) is 107 cm³/mol. The number of aromatic amines is 1. The maximum atomic E-state index is 14.1. The molecule has 28 heavy (non-hydrogen) atoms. The first-order valence-electron chi connectivity index (χ1n) is 9.30. The van der Waals surface area contributed by atoms with Crippen LogP contribution in [-0.2, 0) is 0 Å². The Bertz CT molecular complexity index is 1160. The number of H-pyrrole nitrogens is 1. The SMILES string of the molecule is Cc1cc(-c2[nH]nc(-c3ccc(F)c([C@H](C)N)c3)c2C(C)C)cn2ncnc12. The number of benzene rings is 1. The van der Waals surface area contributed by atoms with Gasteiger partial charge in [-0.15, -0.1) is 0 Å². The summed E-state index contributed by atoms with van der Waals surface area (Å²) >= 11 is 0. The number of hydrogen-bond acceptors (Lipinski definition) is 4. The zero-order valence-corrected chi connectivity index (χ0v) is 16.4. The molecule has 1 aromatic carbocycles. The number of aryl methyl sites for hydroxylation is 1. The van der Waals surface area contributed by atoms with Crippen LogP contribution < -0.4 is 5.73 Å². The zero-order valence-electron chi connectivity index (χ0n) is 16.4. The molecular formula is C21H23FN6. The third-order valence-electron chi connectivity index (χ3n) is 4.99. The van der Waals surface area contributed by atoms with Crippen LogP contribution in [0.25, 0.3) is 28.2 Å². The molecule has 0 bridgehead atoms. The Balaban J connectivity index is 1.90. The molecule has 4 aromatic rings. The Morgan fingerprint density at radius 2 is 1.93 bits per heavy atom. The molecule has 6 nitrogen and oxygen atoms in total. The van der Waals surface area contributed by atoms with Crippen molar-refractivity contribution < 1.29 is 4.39 Å². The van der Waals surface area contributed by atoms with Crippen LogP contribution in [0.2, 0.25) is 0 Å². The highest BCUT2D eigenvalue weighted by molar-refractivity contribution is 5.76. The fraction of sp³-hybridized carbons (Fsp3) is 0.286. The number of aromatic nitrogens is 5. The normalized spacial score (nSPS) is 12.8. The standard InChI is InChI=1S/C21H23FN6/c1-11(2)18-19(14-5-6-17(22)16(8-14)13(4)23)26-27-20(18)15-7-12(3)21-24-10-25-28(21)9-15/h5-11,13H,23H2,1-4H3,(H,26,27)/t13-/m0/s1. The number of nitrogens with one attached hydrogen (secondary N) is 1. The summed E-state index contributed by atoms with van der Waals surface area (Å²) in [4.78, 5) is 4.28. The molecule has 0 aliphatic heterocycles. The summed E-state index contributed by atoms with van der Waals surface area (Å²) in [5.41, 5.74) is 12.9. The van der Waals surface area contributed by atoms with E-state index >= 15 is 0 Å². The van der Waals surface area contributed by atoms with Crippen molar-refractivity contribution in [3.63, 3.8) is 0 Å². The molecule has 0 amide bonds. The van der Waals surface area contributed by atoms with Gasteiger partial charge in [0, 0.05) is 34.5 Å². The van der Waals surface area contributed by atoms with Crippen LogP contribution in [0.1, 0.15) is 49.4 Å². The van der Waals surface area contributed by atoms with Crippen molar-refractivity contribution in [3.8, 4) is 22.5 Å². The van der Waals surface area contributed by atoms with Gasteiger partial charge in [-0.2, -0.15) is 10.2 Å². The molecule has 144 valence electrons. The molecule has 3 heterocycles. The molecule has 0 aliphatic carbocycles. The van der Waals surface area contributed by atoms with Gasteiger partial charge in [-0.1, -0.05) is 13.8 Å². The Morgan fingerprint density at radius 3 is 2.64 bits per heavy atom. The van der Waals surface area contributed by atoms with Crippen molar-refractivity contribution in [2.45, 2.75) is 39.7 Å². The lowest BCUT2D eigenvalue weighted by Gasteiger charge is -2.13.